The van der Waals surface area contributed by atoms with Gasteiger partial charge in [-0.25, -0.2) is 9.37 Å². The minimum Gasteiger partial charge on any atom is -0.478 e. The van der Waals surface area contributed by atoms with Crippen molar-refractivity contribution in [3.63, 3.8) is 0 Å². The summed E-state index contributed by atoms with van der Waals surface area (Å²) in [5.41, 5.74) is 3.09. The molecule has 6 nitrogen and oxygen atoms in total. The maximum atomic E-state index is 12.1. The molecule has 0 unspecified atom stereocenters. The van der Waals surface area contributed by atoms with Crippen LogP contribution in [0.3, 0.4) is 0 Å². The molecule has 0 fully saturated rings. The van der Waals surface area contributed by atoms with Gasteiger partial charge in [-0.05, 0) is 47.3 Å². The van der Waals surface area contributed by atoms with Gasteiger partial charge in [0.05, 0.1) is 11.6 Å². The van der Waals surface area contributed by atoms with Crippen LogP contribution in [0, 0.1) is 0 Å². The summed E-state index contributed by atoms with van der Waals surface area (Å²) in [4.78, 5) is 23.5. The summed E-state index contributed by atoms with van der Waals surface area (Å²) < 4.78 is 13.7. The van der Waals surface area contributed by atoms with E-state index in [1.165, 1.54) is 6.92 Å². The number of esters is 1. The SMILES string of the molecule is CC(=O)Oc1ccc2c(ccc3c(-c4ccccc4C(=O)O)c4ccc(=[N+](C)C)cc-4oc32)c1. The molecule has 1 aliphatic carbocycles. The predicted molar refractivity (Wildman–Crippen MR) is 131 cm³/mol. The zero-order chi connectivity index (χ0) is 24.0. The highest BCUT2D eigenvalue weighted by Gasteiger charge is 2.22. The Morgan fingerprint density at radius 3 is 2.38 bits per heavy atom. The fraction of sp³-hybridized carbons (Fsp3) is 0.107. The number of carbonyl (C=O) groups excluding carboxylic acids is 1. The number of aromatic carboxylic acids is 1. The Bertz CT molecular complexity index is 1660. The van der Waals surface area contributed by atoms with Gasteiger partial charge in [0.1, 0.15) is 31.2 Å². The van der Waals surface area contributed by atoms with E-state index in [0.717, 1.165) is 32.6 Å². The molecule has 34 heavy (non-hydrogen) atoms. The molecule has 0 saturated heterocycles. The Morgan fingerprint density at radius 1 is 0.882 bits per heavy atom. The lowest BCUT2D eigenvalue weighted by Gasteiger charge is -2.17. The van der Waals surface area contributed by atoms with E-state index in [-0.39, 0.29) is 11.5 Å². The van der Waals surface area contributed by atoms with E-state index in [4.69, 9.17) is 9.15 Å². The van der Waals surface area contributed by atoms with Crippen molar-refractivity contribution in [2.45, 2.75) is 6.92 Å². The molecular weight excluding hydrogens is 430 g/mol. The lowest BCUT2D eigenvalue weighted by atomic mass is 9.90. The third-order valence-electron chi connectivity index (χ3n) is 5.86. The maximum absolute atomic E-state index is 12.1. The summed E-state index contributed by atoms with van der Waals surface area (Å²) in [7, 11) is 3.91. The summed E-state index contributed by atoms with van der Waals surface area (Å²) in [5, 5.41) is 13.3. The monoisotopic (exact) mass is 452 g/mol. The zero-order valence-electron chi connectivity index (χ0n) is 19.0. The van der Waals surface area contributed by atoms with E-state index in [1.807, 2.05) is 67.2 Å². The quantitative estimate of drug-likeness (QED) is 0.137. The molecule has 6 heteroatoms. The highest BCUT2D eigenvalue weighted by Crippen LogP contribution is 2.43. The molecule has 0 aromatic heterocycles. The summed E-state index contributed by atoms with van der Waals surface area (Å²) in [5.74, 6) is -0.286. The van der Waals surface area contributed by atoms with Crippen LogP contribution in [0.2, 0.25) is 0 Å². The van der Waals surface area contributed by atoms with Crippen molar-refractivity contribution in [2.75, 3.05) is 14.1 Å². The van der Waals surface area contributed by atoms with Gasteiger partial charge in [-0.15, -0.1) is 0 Å². The molecule has 3 aromatic carbocycles. The van der Waals surface area contributed by atoms with Crippen LogP contribution in [0.4, 0.5) is 0 Å². The van der Waals surface area contributed by atoms with Crippen molar-refractivity contribution in [2.24, 2.45) is 0 Å². The molecule has 0 amide bonds. The normalized spacial score (nSPS) is 11.1. The first-order valence-electron chi connectivity index (χ1n) is 10.8. The van der Waals surface area contributed by atoms with E-state index in [1.54, 1.807) is 24.3 Å². The van der Waals surface area contributed by atoms with Crippen LogP contribution in [-0.2, 0) is 4.79 Å². The lowest BCUT2D eigenvalue weighted by molar-refractivity contribution is -0.131. The first-order chi connectivity index (χ1) is 16.3. The van der Waals surface area contributed by atoms with E-state index in [2.05, 4.69) is 0 Å². The Morgan fingerprint density at radius 2 is 1.65 bits per heavy atom. The predicted octanol–water partition coefficient (Wildman–Crippen LogP) is 5.01. The topological polar surface area (TPSA) is 79.8 Å². The van der Waals surface area contributed by atoms with E-state index < -0.39 is 5.97 Å². The number of benzene rings is 4. The van der Waals surface area contributed by atoms with Crippen LogP contribution in [0.5, 0.6) is 5.75 Å². The smallest absolute Gasteiger partial charge is 0.336 e. The van der Waals surface area contributed by atoms with Gasteiger partial charge >= 0.3 is 11.9 Å². The number of carboxylic acids is 1. The van der Waals surface area contributed by atoms with Crippen LogP contribution in [-0.4, -0.2) is 31.1 Å². The molecule has 0 radical (unpaired) electrons. The second-order valence-corrected chi connectivity index (χ2v) is 8.32. The lowest BCUT2D eigenvalue weighted by Crippen LogP contribution is -2.21. The number of rotatable bonds is 3. The fourth-order valence-electron chi connectivity index (χ4n) is 4.33. The van der Waals surface area contributed by atoms with Crippen molar-refractivity contribution in [3.05, 3.63) is 83.7 Å². The fourth-order valence-corrected chi connectivity index (χ4v) is 4.33. The van der Waals surface area contributed by atoms with Crippen LogP contribution >= 0.6 is 0 Å². The molecule has 168 valence electrons. The number of hydrogen-bond donors (Lipinski definition) is 1. The second-order valence-electron chi connectivity index (χ2n) is 8.32. The number of fused-ring (bicyclic) bond motifs is 4. The molecule has 0 atom stereocenters. The van der Waals surface area contributed by atoms with Crippen molar-refractivity contribution in [3.8, 4) is 28.2 Å². The largest absolute Gasteiger partial charge is 0.478 e. The average Bonchev–Trinajstić information content (AvgIpc) is 2.81. The minimum atomic E-state index is -0.991. The van der Waals surface area contributed by atoms with Gasteiger partial charge in [0.25, 0.3) is 0 Å². The van der Waals surface area contributed by atoms with Gasteiger partial charge in [0.2, 0.25) is 5.36 Å². The van der Waals surface area contributed by atoms with Crippen LogP contribution in [0.25, 0.3) is 44.2 Å². The highest BCUT2D eigenvalue weighted by molar-refractivity contribution is 6.14. The van der Waals surface area contributed by atoms with Crippen LogP contribution in [0.15, 0.2) is 77.2 Å². The van der Waals surface area contributed by atoms with Gasteiger partial charge in [-0.2, -0.15) is 0 Å². The average molecular weight is 452 g/mol. The standard InChI is InChI=1S/C28H21NO5/c1-16(30)33-19-10-13-20-17(14-19)8-11-24-26(21-6-4-5-7-22(21)28(31)32)23-12-9-18(29(2)3)15-25(23)34-27(20)24/h4-15H,1-3H3/p+1. The van der Waals surface area contributed by atoms with Gasteiger partial charge < -0.3 is 14.3 Å². The molecule has 2 aliphatic rings. The van der Waals surface area contributed by atoms with Crippen molar-refractivity contribution in [1.29, 1.82) is 0 Å². The van der Waals surface area contributed by atoms with Crippen molar-refractivity contribution in [1.82, 2.24) is 4.58 Å². The summed E-state index contributed by atoms with van der Waals surface area (Å²) in [6.45, 7) is 1.36. The van der Waals surface area contributed by atoms with Crippen LogP contribution < -0.4 is 14.7 Å². The molecule has 3 aromatic rings. The zero-order valence-corrected chi connectivity index (χ0v) is 19.0. The number of carboxylic acid groups (broad SMARTS) is 1. The number of nitrogens with zero attached hydrogens (tertiary/aromatic N) is 1. The van der Waals surface area contributed by atoms with Crippen LogP contribution in [0.1, 0.15) is 17.3 Å². The number of ether oxygens (including phenoxy) is 1. The van der Waals surface area contributed by atoms with Gasteiger partial charge in [-0.3, -0.25) is 4.79 Å². The molecule has 0 spiro atoms. The minimum absolute atomic E-state index is 0.221. The summed E-state index contributed by atoms with van der Waals surface area (Å²) in [6, 6.07) is 22.1. The Balaban J connectivity index is 1.94. The Kier molecular flexibility index (Phi) is 5.13. The molecule has 1 N–H and O–H groups in total. The van der Waals surface area contributed by atoms with E-state index >= 15 is 0 Å². The number of carbonyl (C=O) groups is 2. The molecular formula is C28H22NO5+. The summed E-state index contributed by atoms with van der Waals surface area (Å²) >= 11 is 0. The van der Waals surface area contributed by atoms with Gasteiger partial charge in [0, 0.05) is 34.9 Å². The molecule has 5 rings (SSSR count). The Labute approximate surface area is 195 Å². The maximum Gasteiger partial charge on any atom is 0.336 e. The first kappa shape index (κ1) is 21.4. The van der Waals surface area contributed by atoms with Crippen molar-refractivity contribution < 1.29 is 23.8 Å². The molecule has 1 heterocycles. The van der Waals surface area contributed by atoms with Crippen molar-refractivity contribution >= 4 is 33.7 Å². The summed E-state index contributed by atoms with van der Waals surface area (Å²) in [6.07, 6.45) is 0. The molecule has 0 saturated carbocycles. The third-order valence-corrected chi connectivity index (χ3v) is 5.86. The molecule has 0 bridgehead atoms. The number of hydrogen-bond acceptors (Lipinski definition) is 4. The first-order valence-corrected chi connectivity index (χ1v) is 10.8. The van der Waals surface area contributed by atoms with E-state index in [0.29, 0.717) is 22.7 Å². The second kappa shape index (κ2) is 8.15. The molecule has 1 aliphatic heterocycles. The highest BCUT2D eigenvalue weighted by atomic mass is 16.5. The third kappa shape index (κ3) is 3.59. The van der Waals surface area contributed by atoms with Gasteiger partial charge in [-0.1, -0.05) is 24.3 Å². The van der Waals surface area contributed by atoms with Gasteiger partial charge in [0.15, 0.2) is 0 Å². The van der Waals surface area contributed by atoms with E-state index in [9.17, 15) is 14.7 Å². The Hall–Kier alpha value is -4.45.